The maximum absolute atomic E-state index is 11.6. The first-order valence-corrected chi connectivity index (χ1v) is 6.18. The van der Waals surface area contributed by atoms with Gasteiger partial charge in [-0.25, -0.2) is 4.79 Å². The number of methoxy groups -OCH3 is 1. The van der Waals surface area contributed by atoms with Gasteiger partial charge in [-0.3, -0.25) is 14.3 Å². The molecule has 0 aliphatic rings. The molecule has 0 amide bonds. The van der Waals surface area contributed by atoms with Gasteiger partial charge in [0.05, 0.1) is 19.2 Å². The van der Waals surface area contributed by atoms with E-state index in [-0.39, 0.29) is 4.99 Å². The average molecular weight is 291 g/mol. The molecule has 6 nitrogen and oxygen atoms in total. The molecule has 104 valence electrons. The van der Waals surface area contributed by atoms with Gasteiger partial charge in [0.15, 0.2) is 0 Å². The molecule has 20 heavy (non-hydrogen) atoms. The van der Waals surface area contributed by atoms with Crippen LogP contribution < -0.4 is 21.7 Å². The Hall–Kier alpha value is -2.41. The van der Waals surface area contributed by atoms with E-state index in [2.05, 4.69) is 4.98 Å². The van der Waals surface area contributed by atoms with Crippen LogP contribution in [-0.2, 0) is 6.54 Å². The Morgan fingerprint density at radius 1 is 1.40 bits per heavy atom. The summed E-state index contributed by atoms with van der Waals surface area (Å²) in [4.78, 5) is 25.0. The summed E-state index contributed by atoms with van der Waals surface area (Å²) >= 11 is 4.93. The minimum atomic E-state index is -0.463. The fraction of sp³-hybridized carbons (Fsp3) is 0.154. The molecule has 0 aliphatic carbocycles. The van der Waals surface area contributed by atoms with Crippen molar-refractivity contribution >= 4 is 17.2 Å². The second-order valence-corrected chi connectivity index (χ2v) is 4.58. The molecule has 0 atom stereocenters. The predicted molar refractivity (Wildman–Crippen MR) is 79.3 cm³/mol. The number of thiocarbonyl (C=S) groups is 1. The van der Waals surface area contributed by atoms with Crippen LogP contribution in [0, 0.1) is 0 Å². The number of nitrogens with two attached hydrogens (primary N) is 1. The highest BCUT2D eigenvalue weighted by Gasteiger charge is 2.07. The molecule has 0 saturated heterocycles. The zero-order chi connectivity index (χ0) is 14.7. The first-order chi connectivity index (χ1) is 9.51. The standard InChI is InChI=1S/C13H13N3O3S/c1-19-10-6-8(2-3-9(10)12(14)20)7-16-5-4-11(17)15-13(16)18/h2-6H,7H2,1H3,(H2,14,20)(H,15,17,18). The first kappa shape index (κ1) is 14.0. The molecule has 2 aromatic rings. The van der Waals surface area contributed by atoms with Gasteiger partial charge in [-0.1, -0.05) is 18.3 Å². The molecule has 2 rings (SSSR count). The summed E-state index contributed by atoms with van der Waals surface area (Å²) in [7, 11) is 1.52. The van der Waals surface area contributed by atoms with E-state index in [9.17, 15) is 9.59 Å². The second-order valence-electron chi connectivity index (χ2n) is 4.14. The van der Waals surface area contributed by atoms with Crippen molar-refractivity contribution in [2.24, 2.45) is 5.73 Å². The molecule has 3 N–H and O–H groups in total. The molecule has 0 spiro atoms. The molecule has 0 saturated carbocycles. The van der Waals surface area contributed by atoms with Gasteiger partial charge < -0.3 is 10.5 Å². The van der Waals surface area contributed by atoms with Crippen LogP contribution in [0.1, 0.15) is 11.1 Å². The zero-order valence-electron chi connectivity index (χ0n) is 10.8. The van der Waals surface area contributed by atoms with E-state index < -0.39 is 11.2 Å². The SMILES string of the molecule is COc1cc(Cn2ccc(=O)[nH]c2=O)ccc1C(N)=S. The Morgan fingerprint density at radius 3 is 2.75 bits per heavy atom. The minimum absolute atomic E-state index is 0.245. The fourth-order valence-corrected chi connectivity index (χ4v) is 1.97. The van der Waals surface area contributed by atoms with Crippen molar-refractivity contribution in [3.05, 3.63) is 62.4 Å². The second kappa shape index (κ2) is 5.70. The van der Waals surface area contributed by atoms with Crippen LogP contribution in [0.25, 0.3) is 0 Å². The van der Waals surface area contributed by atoms with Crippen molar-refractivity contribution in [1.82, 2.24) is 9.55 Å². The van der Waals surface area contributed by atoms with Crippen LogP contribution in [0.5, 0.6) is 5.75 Å². The molecule has 0 radical (unpaired) electrons. The first-order valence-electron chi connectivity index (χ1n) is 5.78. The Morgan fingerprint density at radius 2 is 2.15 bits per heavy atom. The maximum Gasteiger partial charge on any atom is 0.328 e. The number of nitrogens with one attached hydrogen (secondary N) is 1. The number of H-pyrrole nitrogens is 1. The van der Waals surface area contributed by atoms with Crippen molar-refractivity contribution in [1.29, 1.82) is 0 Å². The van der Waals surface area contributed by atoms with E-state index in [1.165, 1.54) is 23.9 Å². The van der Waals surface area contributed by atoms with Crippen LogP contribution >= 0.6 is 12.2 Å². The summed E-state index contributed by atoms with van der Waals surface area (Å²) in [6, 6.07) is 6.59. The average Bonchev–Trinajstić information content (AvgIpc) is 2.41. The van der Waals surface area contributed by atoms with E-state index in [1.54, 1.807) is 18.2 Å². The van der Waals surface area contributed by atoms with Crippen LogP contribution in [0.3, 0.4) is 0 Å². The normalized spacial score (nSPS) is 10.2. The van der Waals surface area contributed by atoms with E-state index >= 15 is 0 Å². The number of rotatable bonds is 4. The third kappa shape index (κ3) is 2.94. The van der Waals surface area contributed by atoms with Gasteiger partial charge in [-0.2, -0.15) is 0 Å². The highest BCUT2D eigenvalue weighted by atomic mass is 32.1. The summed E-state index contributed by atoms with van der Waals surface area (Å²) in [6.45, 7) is 0.309. The molecule has 0 aliphatic heterocycles. The van der Waals surface area contributed by atoms with Gasteiger partial charge >= 0.3 is 5.69 Å². The Labute approximate surface area is 119 Å². The highest BCUT2D eigenvalue weighted by molar-refractivity contribution is 7.80. The van der Waals surface area contributed by atoms with Gasteiger partial charge in [0.25, 0.3) is 5.56 Å². The summed E-state index contributed by atoms with van der Waals surface area (Å²) in [5, 5.41) is 0. The van der Waals surface area contributed by atoms with Crippen molar-refractivity contribution in [2.75, 3.05) is 7.11 Å². The van der Waals surface area contributed by atoms with Crippen molar-refractivity contribution in [2.45, 2.75) is 6.54 Å². The number of hydrogen-bond donors (Lipinski definition) is 2. The zero-order valence-corrected chi connectivity index (χ0v) is 11.6. The number of aromatic amines is 1. The summed E-state index contributed by atoms with van der Waals surface area (Å²) in [5.41, 5.74) is 6.17. The van der Waals surface area contributed by atoms with E-state index in [0.29, 0.717) is 17.9 Å². The van der Waals surface area contributed by atoms with Crippen molar-refractivity contribution in [3.8, 4) is 5.75 Å². The Kier molecular flexibility index (Phi) is 3.99. The summed E-state index contributed by atoms with van der Waals surface area (Å²) in [5.74, 6) is 0.549. The quantitative estimate of drug-likeness (QED) is 0.787. The van der Waals surface area contributed by atoms with E-state index in [1.807, 2.05) is 0 Å². The van der Waals surface area contributed by atoms with E-state index in [0.717, 1.165) is 5.56 Å². The van der Waals surface area contributed by atoms with Crippen LogP contribution in [0.4, 0.5) is 0 Å². The van der Waals surface area contributed by atoms with Crippen LogP contribution in [0.15, 0.2) is 40.1 Å². The van der Waals surface area contributed by atoms with Gasteiger partial charge in [0, 0.05) is 12.3 Å². The molecular formula is C13H13N3O3S. The minimum Gasteiger partial charge on any atom is -0.496 e. The molecule has 0 unspecified atom stereocenters. The largest absolute Gasteiger partial charge is 0.496 e. The highest BCUT2D eigenvalue weighted by Crippen LogP contribution is 2.20. The van der Waals surface area contributed by atoms with Gasteiger partial charge in [0.1, 0.15) is 10.7 Å². The maximum atomic E-state index is 11.6. The number of hydrogen-bond acceptors (Lipinski definition) is 4. The van der Waals surface area contributed by atoms with Crippen LogP contribution in [-0.4, -0.2) is 21.6 Å². The third-order valence-electron chi connectivity index (χ3n) is 2.78. The lowest BCUT2D eigenvalue weighted by molar-refractivity contribution is 0.413. The number of ether oxygens (including phenoxy) is 1. The summed E-state index contributed by atoms with van der Waals surface area (Å²) < 4.78 is 6.61. The third-order valence-corrected chi connectivity index (χ3v) is 3.00. The van der Waals surface area contributed by atoms with Crippen LogP contribution in [0.2, 0.25) is 0 Å². The molecular weight excluding hydrogens is 278 g/mol. The fourth-order valence-electron chi connectivity index (χ4n) is 1.80. The molecule has 7 heteroatoms. The van der Waals surface area contributed by atoms with Gasteiger partial charge in [0.2, 0.25) is 0 Å². The number of benzene rings is 1. The topological polar surface area (TPSA) is 90.1 Å². The molecule has 0 bridgehead atoms. The smallest absolute Gasteiger partial charge is 0.328 e. The monoisotopic (exact) mass is 291 g/mol. The lowest BCUT2D eigenvalue weighted by atomic mass is 10.1. The Bertz CT molecular complexity index is 764. The van der Waals surface area contributed by atoms with E-state index in [4.69, 9.17) is 22.7 Å². The Balaban J connectivity index is 2.37. The molecule has 1 aromatic heterocycles. The summed E-state index contributed by atoms with van der Waals surface area (Å²) in [6.07, 6.45) is 1.44. The molecule has 0 fully saturated rings. The molecule has 1 aromatic carbocycles. The van der Waals surface area contributed by atoms with Gasteiger partial charge in [-0.05, 0) is 17.7 Å². The molecule has 1 heterocycles. The lowest BCUT2D eigenvalue weighted by Gasteiger charge is -2.10. The lowest BCUT2D eigenvalue weighted by Crippen LogP contribution is -2.28. The predicted octanol–water partition coefficient (Wildman–Crippen LogP) is 0.228. The number of aromatic nitrogens is 2. The van der Waals surface area contributed by atoms with Crippen molar-refractivity contribution < 1.29 is 4.74 Å². The van der Waals surface area contributed by atoms with Gasteiger partial charge in [-0.15, -0.1) is 0 Å². The number of nitrogens with zero attached hydrogens (tertiary/aromatic N) is 1. The van der Waals surface area contributed by atoms with Crippen molar-refractivity contribution in [3.63, 3.8) is 0 Å².